The van der Waals surface area contributed by atoms with Crippen molar-refractivity contribution in [1.29, 1.82) is 0 Å². The van der Waals surface area contributed by atoms with Gasteiger partial charge in [-0.25, -0.2) is 0 Å². The van der Waals surface area contributed by atoms with Crippen LogP contribution in [0.4, 0.5) is 0 Å². The maximum absolute atomic E-state index is 13.8. The molecule has 0 aliphatic heterocycles. The van der Waals surface area contributed by atoms with Gasteiger partial charge in [-0.1, -0.05) is 176 Å². The maximum atomic E-state index is 13.8. The van der Waals surface area contributed by atoms with Crippen LogP contribution in [0.25, 0.3) is 76.8 Å². The van der Waals surface area contributed by atoms with E-state index in [2.05, 4.69) is 170 Å². The minimum atomic E-state index is -0.479. The molecule has 0 amide bonds. The van der Waals surface area contributed by atoms with Gasteiger partial charge in [0.2, 0.25) is 0 Å². The lowest BCUT2D eigenvalue weighted by Crippen LogP contribution is -2.26. The van der Waals surface area contributed by atoms with Crippen LogP contribution in [0.3, 0.4) is 0 Å². The monoisotopic (exact) mass is 722 g/mol. The number of hydrogen-bond donors (Lipinski definition) is 0. The second-order valence-electron chi connectivity index (χ2n) is 15.5. The molecule has 0 saturated heterocycles. The third-order valence-corrected chi connectivity index (χ3v) is 12.6. The van der Waals surface area contributed by atoms with E-state index in [-0.39, 0.29) is 5.78 Å². The van der Waals surface area contributed by atoms with Gasteiger partial charge >= 0.3 is 0 Å². The summed E-state index contributed by atoms with van der Waals surface area (Å²) in [6.07, 6.45) is 0. The maximum Gasteiger partial charge on any atom is 0.193 e. The second kappa shape index (κ2) is 12.1. The van der Waals surface area contributed by atoms with Crippen molar-refractivity contribution in [3.8, 4) is 44.5 Å². The van der Waals surface area contributed by atoms with Crippen molar-refractivity contribution in [2.45, 2.75) is 5.41 Å². The summed E-state index contributed by atoms with van der Waals surface area (Å²) >= 11 is 0. The van der Waals surface area contributed by atoms with Crippen molar-refractivity contribution in [1.82, 2.24) is 0 Å². The zero-order valence-corrected chi connectivity index (χ0v) is 31.0. The molecule has 0 bridgehead atoms. The SMILES string of the molecule is O=C(c1ccccc1)c1ccc2c(c1)c1cccc3c1c1c(cccc21)C31c2ccccc2-c2cc(-c3cc(-c4ccccc4)cc(-c4ccccc4)c3)ccc21. The van der Waals surface area contributed by atoms with Gasteiger partial charge in [0.1, 0.15) is 0 Å². The largest absolute Gasteiger partial charge is 0.289 e. The van der Waals surface area contributed by atoms with Gasteiger partial charge in [-0.15, -0.1) is 0 Å². The Morgan fingerprint density at radius 1 is 0.298 bits per heavy atom. The first-order valence-electron chi connectivity index (χ1n) is 19.7. The van der Waals surface area contributed by atoms with E-state index < -0.39 is 5.41 Å². The molecule has 57 heavy (non-hydrogen) atoms. The van der Waals surface area contributed by atoms with Gasteiger partial charge in [-0.3, -0.25) is 4.79 Å². The van der Waals surface area contributed by atoms with Crippen LogP contribution in [-0.2, 0) is 5.41 Å². The molecule has 12 rings (SSSR count). The van der Waals surface area contributed by atoms with Crippen LogP contribution in [0, 0.1) is 0 Å². The molecule has 0 fully saturated rings. The molecule has 2 aliphatic rings. The lowest BCUT2D eigenvalue weighted by molar-refractivity contribution is 0.103. The molecule has 10 aromatic carbocycles. The number of benzene rings is 10. The zero-order valence-electron chi connectivity index (χ0n) is 31.0. The summed E-state index contributed by atoms with van der Waals surface area (Å²) in [6.45, 7) is 0. The average Bonchev–Trinajstić information content (AvgIpc) is 3.76. The van der Waals surface area contributed by atoms with E-state index in [1.807, 2.05) is 36.4 Å². The third-order valence-electron chi connectivity index (χ3n) is 12.6. The van der Waals surface area contributed by atoms with E-state index in [1.54, 1.807) is 0 Å². The molecular formula is C56H34O. The van der Waals surface area contributed by atoms with Gasteiger partial charge < -0.3 is 0 Å². The van der Waals surface area contributed by atoms with E-state index in [4.69, 9.17) is 0 Å². The highest BCUT2D eigenvalue weighted by molar-refractivity contribution is 6.30. The standard InChI is InChI=1S/C56H34O/c57-55(37-18-8-3-9-19-37)39-26-28-43-45-21-12-24-51-53(45)54-46(47(43)34-39)22-13-25-52(54)56(51)49-23-11-10-20-44(49)48-33-38(27-29-50(48)56)42-31-40(35-14-4-1-5-15-35)30-41(32-42)36-16-6-2-7-17-36/h1-34H. The van der Waals surface area contributed by atoms with E-state index in [9.17, 15) is 4.79 Å². The molecule has 10 aromatic rings. The Balaban J connectivity index is 1.09. The highest BCUT2D eigenvalue weighted by atomic mass is 16.1. The van der Waals surface area contributed by atoms with Gasteiger partial charge in [-0.05, 0) is 129 Å². The van der Waals surface area contributed by atoms with Crippen molar-refractivity contribution in [3.05, 3.63) is 240 Å². The summed E-state index contributed by atoms with van der Waals surface area (Å²) < 4.78 is 0. The predicted molar refractivity (Wildman–Crippen MR) is 236 cm³/mol. The smallest absolute Gasteiger partial charge is 0.193 e. The molecule has 0 heterocycles. The summed E-state index contributed by atoms with van der Waals surface area (Å²) in [5.41, 5.74) is 16.0. The first kappa shape index (κ1) is 31.9. The van der Waals surface area contributed by atoms with Crippen molar-refractivity contribution in [2.75, 3.05) is 0 Å². The van der Waals surface area contributed by atoms with Gasteiger partial charge in [0.05, 0.1) is 5.41 Å². The van der Waals surface area contributed by atoms with E-state index >= 15 is 0 Å². The predicted octanol–water partition coefficient (Wildman–Crippen LogP) is 14.1. The number of ketones is 1. The van der Waals surface area contributed by atoms with Crippen LogP contribution < -0.4 is 0 Å². The molecule has 0 radical (unpaired) electrons. The molecule has 1 atom stereocenters. The quantitative estimate of drug-likeness (QED) is 0.128. The Kier molecular flexibility index (Phi) is 6.77. The second-order valence-corrected chi connectivity index (χ2v) is 15.5. The molecule has 0 aromatic heterocycles. The molecule has 1 heteroatoms. The average molecular weight is 723 g/mol. The van der Waals surface area contributed by atoms with Gasteiger partial charge in [0, 0.05) is 11.1 Å². The van der Waals surface area contributed by atoms with Gasteiger partial charge in [-0.2, -0.15) is 0 Å². The summed E-state index contributed by atoms with van der Waals surface area (Å²) in [6, 6.07) is 74.2. The number of carbonyl (C=O) groups is 1. The topological polar surface area (TPSA) is 17.1 Å². The molecule has 1 nitrogen and oxygen atoms in total. The number of fused-ring (bicyclic) bond motifs is 10. The van der Waals surface area contributed by atoms with Crippen LogP contribution in [0.2, 0.25) is 0 Å². The molecule has 1 spiro atoms. The van der Waals surface area contributed by atoms with Crippen LogP contribution in [0.1, 0.15) is 38.2 Å². The van der Waals surface area contributed by atoms with Crippen molar-refractivity contribution in [3.63, 3.8) is 0 Å². The highest BCUT2D eigenvalue weighted by Crippen LogP contribution is 2.63. The zero-order chi connectivity index (χ0) is 37.7. The molecular weight excluding hydrogens is 689 g/mol. The molecule has 0 N–H and O–H groups in total. The Morgan fingerprint density at radius 2 is 0.825 bits per heavy atom. The fraction of sp³-hybridized carbons (Fsp3) is 0.0179. The fourth-order valence-corrected chi connectivity index (χ4v) is 10.2. The Bertz CT molecular complexity index is 3230. The number of rotatable bonds is 5. The summed E-state index contributed by atoms with van der Waals surface area (Å²) in [5.74, 6) is 0.0432. The van der Waals surface area contributed by atoms with Crippen LogP contribution in [-0.4, -0.2) is 5.78 Å². The van der Waals surface area contributed by atoms with E-state index in [1.165, 1.54) is 93.7 Å². The lowest BCUT2D eigenvalue weighted by atomic mass is 9.70. The van der Waals surface area contributed by atoms with Crippen LogP contribution >= 0.6 is 0 Å². The molecule has 0 saturated carbocycles. The number of carbonyl (C=O) groups excluding carboxylic acids is 1. The summed E-state index contributed by atoms with van der Waals surface area (Å²) in [5, 5.41) is 7.31. The molecule has 2 aliphatic carbocycles. The minimum absolute atomic E-state index is 0.0432. The fourth-order valence-electron chi connectivity index (χ4n) is 10.2. The Hall–Kier alpha value is -7.35. The Labute approximate surface area is 331 Å². The van der Waals surface area contributed by atoms with Crippen molar-refractivity contribution < 1.29 is 4.79 Å². The Morgan fingerprint density at radius 3 is 1.47 bits per heavy atom. The van der Waals surface area contributed by atoms with Crippen molar-refractivity contribution in [2.24, 2.45) is 0 Å². The third kappa shape index (κ3) is 4.48. The van der Waals surface area contributed by atoms with Gasteiger partial charge in [0.15, 0.2) is 5.78 Å². The first-order valence-corrected chi connectivity index (χ1v) is 19.7. The van der Waals surface area contributed by atoms with Crippen LogP contribution in [0.15, 0.2) is 206 Å². The lowest BCUT2D eigenvalue weighted by Gasteiger charge is -2.31. The molecule has 1 unspecified atom stereocenters. The van der Waals surface area contributed by atoms with E-state index in [0.717, 1.165) is 5.39 Å². The van der Waals surface area contributed by atoms with Crippen LogP contribution in [0.5, 0.6) is 0 Å². The molecule has 264 valence electrons. The normalized spacial score (nSPS) is 14.8. The van der Waals surface area contributed by atoms with E-state index in [0.29, 0.717) is 11.1 Å². The highest BCUT2D eigenvalue weighted by Gasteiger charge is 2.51. The number of hydrogen-bond acceptors (Lipinski definition) is 1. The first-order chi connectivity index (χ1) is 28.2. The minimum Gasteiger partial charge on any atom is -0.289 e. The summed E-state index contributed by atoms with van der Waals surface area (Å²) in [4.78, 5) is 13.8. The summed E-state index contributed by atoms with van der Waals surface area (Å²) in [7, 11) is 0. The van der Waals surface area contributed by atoms with Gasteiger partial charge in [0.25, 0.3) is 0 Å². The van der Waals surface area contributed by atoms with Crippen molar-refractivity contribution >= 4 is 38.1 Å².